The van der Waals surface area contributed by atoms with Gasteiger partial charge >= 0.3 is 0 Å². The molecule has 0 saturated heterocycles. The Kier molecular flexibility index (Phi) is 8.63. The first kappa shape index (κ1) is 18.2. The minimum atomic E-state index is 0.228. The van der Waals surface area contributed by atoms with Crippen LogP contribution in [0.1, 0.15) is 46.1 Å². The van der Waals surface area contributed by atoms with Gasteiger partial charge in [-0.15, -0.1) is 0 Å². The van der Waals surface area contributed by atoms with Gasteiger partial charge in [-0.2, -0.15) is 0 Å². The van der Waals surface area contributed by atoms with Crippen LogP contribution in [0.25, 0.3) is 0 Å². The van der Waals surface area contributed by atoms with Gasteiger partial charge in [0.25, 0.3) is 0 Å². The zero-order valence-corrected chi connectivity index (χ0v) is 14.4. The van der Waals surface area contributed by atoms with Crippen molar-refractivity contribution in [2.24, 2.45) is 17.6 Å². The van der Waals surface area contributed by atoms with E-state index in [1.807, 2.05) is 0 Å². The van der Waals surface area contributed by atoms with E-state index in [9.17, 15) is 0 Å². The van der Waals surface area contributed by atoms with Gasteiger partial charge in [-0.05, 0) is 49.8 Å². The Hall–Kier alpha value is -0.860. The van der Waals surface area contributed by atoms with Crippen molar-refractivity contribution in [1.29, 1.82) is 0 Å². The smallest absolute Gasteiger partial charge is 0.0208 e. The van der Waals surface area contributed by atoms with E-state index in [1.54, 1.807) is 0 Å². The molecule has 0 aliphatic rings. The molecule has 0 radical (unpaired) electrons. The molecule has 0 aromatic heterocycles. The number of nitrogens with zero attached hydrogens (tertiary/aromatic N) is 1. The predicted octanol–water partition coefficient (Wildman–Crippen LogP) is 3.95. The van der Waals surface area contributed by atoms with Crippen molar-refractivity contribution in [3.63, 3.8) is 0 Å². The van der Waals surface area contributed by atoms with Crippen LogP contribution in [0, 0.1) is 11.8 Å². The van der Waals surface area contributed by atoms with Crippen molar-refractivity contribution in [3.8, 4) is 0 Å². The van der Waals surface area contributed by atoms with E-state index in [1.165, 1.54) is 31.5 Å². The molecule has 21 heavy (non-hydrogen) atoms. The topological polar surface area (TPSA) is 29.3 Å². The lowest BCUT2D eigenvalue weighted by molar-refractivity contribution is 0.229. The fourth-order valence-electron chi connectivity index (χ4n) is 2.49. The number of benzene rings is 1. The molecule has 1 atom stereocenters. The second kappa shape index (κ2) is 9.97. The van der Waals surface area contributed by atoms with Crippen molar-refractivity contribution in [2.75, 3.05) is 19.6 Å². The van der Waals surface area contributed by atoms with Crippen molar-refractivity contribution < 1.29 is 0 Å². The van der Waals surface area contributed by atoms with Gasteiger partial charge in [0, 0.05) is 12.6 Å². The van der Waals surface area contributed by atoms with Crippen LogP contribution >= 0.6 is 0 Å². The van der Waals surface area contributed by atoms with Gasteiger partial charge < -0.3 is 10.6 Å². The molecule has 0 fully saturated rings. The SMILES string of the molecule is CC(C)CCN(CCC(C)C)CC(N)Cc1ccccc1. The highest BCUT2D eigenvalue weighted by atomic mass is 15.1. The van der Waals surface area contributed by atoms with Crippen molar-refractivity contribution in [2.45, 2.75) is 53.0 Å². The number of rotatable bonds is 10. The van der Waals surface area contributed by atoms with E-state index in [0.29, 0.717) is 0 Å². The van der Waals surface area contributed by atoms with Gasteiger partial charge in [0.05, 0.1) is 0 Å². The van der Waals surface area contributed by atoms with Crippen LogP contribution in [0.4, 0.5) is 0 Å². The number of hydrogen-bond donors (Lipinski definition) is 1. The quantitative estimate of drug-likeness (QED) is 0.707. The van der Waals surface area contributed by atoms with Crippen LogP contribution in [-0.4, -0.2) is 30.6 Å². The van der Waals surface area contributed by atoms with Gasteiger partial charge in [-0.1, -0.05) is 58.0 Å². The third kappa shape index (κ3) is 8.90. The molecule has 0 amide bonds. The molecule has 1 aromatic rings. The summed E-state index contributed by atoms with van der Waals surface area (Å²) in [6.45, 7) is 12.5. The lowest BCUT2D eigenvalue weighted by Gasteiger charge is -2.27. The predicted molar refractivity (Wildman–Crippen MR) is 93.5 cm³/mol. The average molecular weight is 290 g/mol. The van der Waals surface area contributed by atoms with E-state index in [0.717, 1.165) is 24.8 Å². The highest BCUT2D eigenvalue weighted by Crippen LogP contribution is 2.09. The average Bonchev–Trinajstić information content (AvgIpc) is 2.42. The van der Waals surface area contributed by atoms with E-state index in [2.05, 4.69) is 62.9 Å². The molecular formula is C19H34N2. The highest BCUT2D eigenvalue weighted by Gasteiger charge is 2.12. The monoisotopic (exact) mass is 290 g/mol. The van der Waals surface area contributed by atoms with Crippen molar-refractivity contribution in [1.82, 2.24) is 4.90 Å². The Morgan fingerprint density at radius 1 is 0.905 bits per heavy atom. The molecule has 2 nitrogen and oxygen atoms in total. The van der Waals surface area contributed by atoms with Crippen LogP contribution in [0.5, 0.6) is 0 Å². The standard InChI is InChI=1S/C19H34N2/c1-16(2)10-12-21(13-11-17(3)4)15-19(20)14-18-8-6-5-7-9-18/h5-9,16-17,19H,10-15,20H2,1-4H3. The zero-order chi connectivity index (χ0) is 15.7. The Bertz CT molecular complexity index is 347. The fraction of sp³-hybridized carbons (Fsp3) is 0.684. The summed E-state index contributed by atoms with van der Waals surface area (Å²) in [4.78, 5) is 2.56. The van der Waals surface area contributed by atoms with Crippen LogP contribution in [0.2, 0.25) is 0 Å². The summed E-state index contributed by atoms with van der Waals surface area (Å²) >= 11 is 0. The second-order valence-electron chi connectivity index (χ2n) is 7.12. The molecule has 2 N–H and O–H groups in total. The first-order valence-electron chi connectivity index (χ1n) is 8.49. The molecule has 0 aliphatic carbocycles. The Labute approximate surface area is 131 Å². The number of hydrogen-bond acceptors (Lipinski definition) is 2. The Morgan fingerprint density at radius 3 is 1.90 bits per heavy atom. The van der Waals surface area contributed by atoms with E-state index in [-0.39, 0.29) is 6.04 Å². The van der Waals surface area contributed by atoms with Crippen molar-refractivity contribution >= 4 is 0 Å². The van der Waals surface area contributed by atoms with Crippen LogP contribution in [0.3, 0.4) is 0 Å². The maximum Gasteiger partial charge on any atom is 0.0208 e. The first-order chi connectivity index (χ1) is 9.97. The normalized spacial score (nSPS) is 13.3. The summed E-state index contributed by atoms with van der Waals surface area (Å²) in [6.07, 6.45) is 3.49. The summed E-state index contributed by atoms with van der Waals surface area (Å²) in [5.74, 6) is 1.52. The first-order valence-corrected chi connectivity index (χ1v) is 8.49. The highest BCUT2D eigenvalue weighted by molar-refractivity contribution is 5.15. The van der Waals surface area contributed by atoms with Gasteiger partial charge in [0.2, 0.25) is 0 Å². The summed E-state index contributed by atoms with van der Waals surface area (Å²) in [7, 11) is 0. The summed E-state index contributed by atoms with van der Waals surface area (Å²) in [6, 6.07) is 10.8. The molecular weight excluding hydrogens is 256 g/mol. The molecule has 0 aliphatic heterocycles. The van der Waals surface area contributed by atoms with Gasteiger partial charge in [-0.3, -0.25) is 0 Å². The summed E-state index contributed by atoms with van der Waals surface area (Å²) < 4.78 is 0. The van der Waals surface area contributed by atoms with E-state index in [4.69, 9.17) is 5.73 Å². The van der Waals surface area contributed by atoms with Crippen LogP contribution in [-0.2, 0) is 6.42 Å². The molecule has 1 unspecified atom stereocenters. The molecule has 1 aromatic carbocycles. The second-order valence-corrected chi connectivity index (χ2v) is 7.12. The van der Waals surface area contributed by atoms with Crippen LogP contribution < -0.4 is 5.73 Å². The minimum absolute atomic E-state index is 0.228. The molecule has 120 valence electrons. The van der Waals surface area contributed by atoms with Crippen molar-refractivity contribution in [3.05, 3.63) is 35.9 Å². The molecule has 0 saturated carbocycles. The molecule has 1 rings (SSSR count). The van der Waals surface area contributed by atoms with Gasteiger partial charge in [0.15, 0.2) is 0 Å². The molecule has 0 bridgehead atoms. The van der Waals surface area contributed by atoms with Gasteiger partial charge in [-0.25, -0.2) is 0 Å². The van der Waals surface area contributed by atoms with Gasteiger partial charge in [0.1, 0.15) is 0 Å². The number of nitrogens with two attached hydrogens (primary N) is 1. The minimum Gasteiger partial charge on any atom is -0.326 e. The zero-order valence-electron chi connectivity index (χ0n) is 14.4. The van der Waals surface area contributed by atoms with E-state index >= 15 is 0 Å². The molecule has 0 heterocycles. The summed E-state index contributed by atoms with van der Waals surface area (Å²) in [5, 5.41) is 0. The maximum absolute atomic E-state index is 6.38. The third-order valence-electron chi connectivity index (χ3n) is 3.88. The third-order valence-corrected chi connectivity index (χ3v) is 3.88. The Balaban J connectivity index is 2.45. The van der Waals surface area contributed by atoms with Crippen LogP contribution in [0.15, 0.2) is 30.3 Å². The van der Waals surface area contributed by atoms with E-state index < -0.39 is 0 Å². The fourth-order valence-corrected chi connectivity index (χ4v) is 2.49. The Morgan fingerprint density at radius 2 is 1.43 bits per heavy atom. The lowest BCUT2D eigenvalue weighted by atomic mass is 10.0. The lowest BCUT2D eigenvalue weighted by Crippen LogP contribution is -2.40. The largest absolute Gasteiger partial charge is 0.326 e. The molecule has 2 heteroatoms. The molecule has 0 spiro atoms. The maximum atomic E-state index is 6.38. The summed E-state index contributed by atoms with van der Waals surface area (Å²) in [5.41, 5.74) is 7.72.